The van der Waals surface area contributed by atoms with Gasteiger partial charge in [0.1, 0.15) is 0 Å². The normalized spacial score (nSPS) is 16.9. The molecule has 3 nitrogen and oxygen atoms in total. The predicted octanol–water partition coefficient (Wildman–Crippen LogP) is 3.41. The van der Waals surface area contributed by atoms with E-state index in [0.29, 0.717) is 5.56 Å². The second-order valence-electron chi connectivity index (χ2n) is 5.18. The van der Waals surface area contributed by atoms with E-state index < -0.39 is 0 Å². The second-order valence-corrected chi connectivity index (χ2v) is 5.18. The summed E-state index contributed by atoms with van der Waals surface area (Å²) < 4.78 is 4.71. The topological polar surface area (TPSA) is 43.4 Å². The fraction of sp³-hybridized carbons (Fsp3) is 0.500. The van der Waals surface area contributed by atoms with Crippen molar-refractivity contribution in [2.24, 2.45) is 5.41 Å². The number of ketones is 1. The van der Waals surface area contributed by atoms with E-state index in [1.807, 2.05) is 0 Å². The van der Waals surface area contributed by atoms with Crippen LogP contribution in [0.3, 0.4) is 0 Å². The summed E-state index contributed by atoms with van der Waals surface area (Å²) >= 11 is 0. The summed E-state index contributed by atoms with van der Waals surface area (Å²) in [6.45, 7) is 4.16. The maximum atomic E-state index is 12.6. The fourth-order valence-electron chi connectivity index (χ4n) is 2.96. The van der Waals surface area contributed by atoms with Gasteiger partial charge in [-0.05, 0) is 43.4 Å². The third-order valence-electron chi connectivity index (χ3n) is 4.48. The molecule has 0 unspecified atom stereocenters. The Morgan fingerprint density at radius 2 is 2.00 bits per heavy atom. The Bertz CT molecular complexity index is 513. The molecule has 0 saturated heterocycles. The number of esters is 1. The lowest BCUT2D eigenvalue weighted by atomic mass is 9.67. The summed E-state index contributed by atoms with van der Waals surface area (Å²) in [5.41, 5.74) is 2.07. The van der Waals surface area contributed by atoms with E-state index in [1.165, 1.54) is 7.11 Å². The first-order valence-electron chi connectivity index (χ1n) is 6.84. The maximum absolute atomic E-state index is 12.6. The highest BCUT2D eigenvalue weighted by molar-refractivity contribution is 6.03. The number of methoxy groups -OCH3 is 1. The third kappa shape index (κ3) is 2.18. The standard InChI is InChI=1S/C16H20O3/c1-4-16(5-2)9-8-11-10-12(15(18)19-3)6-7-13(11)14(16)17/h6-7,10H,4-5,8-9H2,1-3H3. The van der Waals surface area contributed by atoms with Crippen molar-refractivity contribution in [3.63, 3.8) is 0 Å². The lowest BCUT2D eigenvalue weighted by molar-refractivity contribution is 0.0599. The van der Waals surface area contributed by atoms with Gasteiger partial charge in [0.2, 0.25) is 0 Å². The molecule has 3 heteroatoms. The maximum Gasteiger partial charge on any atom is 0.337 e. The van der Waals surface area contributed by atoms with Crippen molar-refractivity contribution in [3.8, 4) is 0 Å². The van der Waals surface area contributed by atoms with Gasteiger partial charge in [-0.3, -0.25) is 4.79 Å². The average molecular weight is 260 g/mol. The first-order valence-corrected chi connectivity index (χ1v) is 6.84. The van der Waals surface area contributed by atoms with Crippen LogP contribution in [0.2, 0.25) is 0 Å². The van der Waals surface area contributed by atoms with E-state index in [1.54, 1.807) is 18.2 Å². The van der Waals surface area contributed by atoms with Crippen LogP contribution in [0.1, 0.15) is 59.4 Å². The van der Waals surface area contributed by atoms with E-state index in [0.717, 1.165) is 36.8 Å². The van der Waals surface area contributed by atoms with E-state index in [9.17, 15) is 9.59 Å². The van der Waals surface area contributed by atoms with Crippen molar-refractivity contribution >= 4 is 11.8 Å². The lowest BCUT2D eigenvalue weighted by Gasteiger charge is -2.35. The SMILES string of the molecule is CCC1(CC)CCc2cc(C(=O)OC)ccc2C1=O. The van der Waals surface area contributed by atoms with Crippen LogP contribution < -0.4 is 0 Å². The molecule has 1 aliphatic carbocycles. The Balaban J connectivity index is 2.42. The molecule has 102 valence electrons. The van der Waals surface area contributed by atoms with E-state index in [2.05, 4.69) is 13.8 Å². The van der Waals surface area contributed by atoms with Crippen LogP contribution in [-0.4, -0.2) is 18.9 Å². The quantitative estimate of drug-likeness (QED) is 0.782. The lowest BCUT2D eigenvalue weighted by Crippen LogP contribution is -2.35. The number of benzene rings is 1. The van der Waals surface area contributed by atoms with E-state index in [4.69, 9.17) is 4.74 Å². The monoisotopic (exact) mass is 260 g/mol. The Labute approximate surface area is 114 Å². The number of rotatable bonds is 3. The number of Topliss-reactive ketones (excluding diaryl/α,β-unsaturated/α-hetero) is 1. The average Bonchev–Trinajstić information content (AvgIpc) is 2.47. The van der Waals surface area contributed by atoms with Gasteiger partial charge in [-0.25, -0.2) is 4.79 Å². The number of ether oxygens (including phenoxy) is 1. The van der Waals surface area contributed by atoms with Crippen molar-refractivity contribution in [2.75, 3.05) is 7.11 Å². The number of hydrogen-bond donors (Lipinski definition) is 0. The summed E-state index contributed by atoms with van der Waals surface area (Å²) in [5, 5.41) is 0. The Morgan fingerprint density at radius 1 is 1.32 bits per heavy atom. The Kier molecular flexibility index (Phi) is 3.74. The largest absolute Gasteiger partial charge is 0.465 e. The summed E-state index contributed by atoms with van der Waals surface area (Å²) in [4.78, 5) is 24.1. The summed E-state index contributed by atoms with van der Waals surface area (Å²) in [6, 6.07) is 5.27. The van der Waals surface area contributed by atoms with E-state index >= 15 is 0 Å². The van der Waals surface area contributed by atoms with Crippen LogP contribution in [0.25, 0.3) is 0 Å². The van der Waals surface area contributed by atoms with Crippen LogP contribution in [0, 0.1) is 5.41 Å². The molecule has 1 aliphatic rings. The highest BCUT2D eigenvalue weighted by atomic mass is 16.5. The molecule has 0 aromatic heterocycles. The third-order valence-corrected chi connectivity index (χ3v) is 4.48. The van der Waals surface area contributed by atoms with Crippen molar-refractivity contribution in [1.29, 1.82) is 0 Å². The molecule has 2 rings (SSSR count). The molecule has 0 amide bonds. The van der Waals surface area contributed by atoms with Gasteiger partial charge in [0.05, 0.1) is 12.7 Å². The minimum absolute atomic E-state index is 0.209. The molecule has 1 aromatic carbocycles. The van der Waals surface area contributed by atoms with Crippen molar-refractivity contribution < 1.29 is 14.3 Å². The molecule has 1 aromatic rings. The molecule has 0 radical (unpaired) electrons. The molecule has 0 aliphatic heterocycles. The molecular formula is C16H20O3. The van der Waals surface area contributed by atoms with Crippen molar-refractivity contribution in [3.05, 3.63) is 34.9 Å². The smallest absolute Gasteiger partial charge is 0.337 e. The number of carbonyl (C=O) groups excluding carboxylic acids is 2. The zero-order valence-corrected chi connectivity index (χ0v) is 11.8. The molecule has 0 saturated carbocycles. The highest BCUT2D eigenvalue weighted by Crippen LogP contribution is 2.40. The minimum atomic E-state index is -0.349. The van der Waals surface area contributed by atoms with Gasteiger partial charge in [-0.15, -0.1) is 0 Å². The molecular weight excluding hydrogens is 240 g/mol. The summed E-state index contributed by atoms with van der Waals surface area (Å²) in [7, 11) is 1.37. The highest BCUT2D eigenvalue weighted by Gasteiger charge is 2.39. The fourth-order valence-corrected chi connectivity index (χ4v) is 2.96. The molecule has 0 heterocycles. The molecule has 0 atom stereocenters. The van der Waals surface area contributed by atoms with Crippen molar-refractivity contribution in [2.45, 2.75) is 39.5 Å². The molecule has 0 bridgehead atoms. The minimum Gasteiger partial charge on any atom is -0.465 e. The Hall–Kier alpha value is -1.64. The number of fused-ring (bicyclic) bond motifs is 1. The van der Waals surface area contributed by atoms with Gasteiger partial charge < -0.3 is 4.74 Å². The Morgan fingerprint density at radius 3 is 2.58 bits per heavy atom. The second kappa shape index (κ2) is 5.16. The van der Waals surface area contributed by atoms with Gasteiger partial charge >= 0.3 is 5.97 Å². The van der Waals surface area contributed by atoms with Crippen LogP contribution in [-0.2, 0) is 11.2 Å². The number of aryl methyl sites for hydroxylation is 1. The predicted molar refractivity (Wildman–Crippen MR) is 73.4 cm³/mol. The molecule has 0 spiro atoms. The van der Waals surface area contributed by atoms with Gasteiger partial charge in [-0.1, -0.05) is 19.9 Å². The van der Waals surface area contributed by atoms with Gasteiger partial charge in [0, 0.05) is 11.0 Å². The van der Waals surface area contributed by atoms with Crippen LogP contribution in [0.15, 0.2) is 18.2 Å². The van der Waals surface area contributed by atoms with E-state index in [-0.39, 0.29) is 17.2 Å². The van der Waals surface area contributed by atoms with Crippen LogP contribution in [0.4, 0.5) is 0 Å². The van der Waals surface area contributed by atoms with Gasteiger partial charge in [0.25, 0.3) is 0 Å². The summed E-state index contributed by atoms with van der Waals surface area (Å²) in [6.07, 6.45) is 3.48. The molecule has 19 heavy (non-hydrogen) atoms. The number of carbonyl (C=O) groups is 2. The zero-order valence-electron chi connectivity index (χ0n) is 11.8. The van der Waals surface area contributed by atoms with Gasteiger partial charge in [0.15, 0.2) is 5.78 Å². The number of hydrogen-bond acceptors (Lipinski definition) is 3. The van der Waals surface area contributed by atoms with Gasteiger partial charge in [-0.2, -0.15) is 0 Å². The molecule has 0 N–H and O–H groups in total. The van der Waals surface area contributed by atoms with Crippen LogP contribution in [0.5, 0.6) is 0 Å². The first-order chi connectivity index (χ1) is 9.07. The summed E-state index contributed by atoms with van der Waals surface area (Å²) in [5.74, 6) is -0.117. The first kappa shape index (κ1) is 13.8. The zero-order chi connectivity index (χ0) is 14.0. The molecule has 0 fully saturated rings. The van der Waals surface area contributed by atoms with Crippen LogP contribution >= 0.6 is 0 Å². The van der Waals surface area contributed by atoms with Crippen molar-refractivity contribution in [1.82, 2.24) is 0 Å².